The molecule has 0 saturated heterocycles. The first-order valence-electron chi connectivity index (χ1n) is 7.34. The number of aryl methyl sites for hydroxylation is 1. The van der Waals surface area contributed by atoms with Crippen LogP contribution < -0.4 is 0 Å². The molecule has 1 aromatic carbocycles. The summed E-state index contributed by atoms with van der Waals surface area (Å²) in [6, 6.07) is 4.30. The summed E-state index contributed by atoms with van der Waals surface area (Å²) in [4.78, 5) is 0. The molecule has 0 bridgehead atoms. The second kappa shape index (κ2) is 6.82. The van der Waals surface area contributed by atoms with Crippen LogP contribution >= 0.6 is 0 Å². The minimum Gasteiger partial charge on any atom is -0.507 e. The van der Waals surface area contributed by atoms with Crippen LogP contribution in [-0.4, -0.2) is 5.11 Å². The quantitative estimate of drug-likeness (QED) is 0.704. The standard InChI is InChI=1S/C17H28O/c1-6-8-13(4)15-10-12(3)11-16(17(15)18)14(5)9-7-2/h10-11,13-14,18H,6-9H2,1-5H3/t13-,14+. The number of rotatable bonds is 6. The van der Waals surface area contributed by atoms with Gasteiger partial charge in [0.25, 0.3) is 0 Å². The molecule has 1 rings (SSSR count). The number of hydrogen-bond acceptors (Lipinski definition) is 1. The van der Waals surface area contributed by atoms with Crippen molar-refractivity contribution in [2.45, 2.75) is 72.1 Å². The van der Waals surface area contributed by atoms with Crippen LogP contribution in [0, 0.1) is 6.92 Å². The van der Waals surface area contributed by atoms with Crippen molar-refractivity contribution in [3.8, 4) is 5.75 Å². The zero-order chi connectivity index (χ0) is 13.7. The lowest BCUT2D eigenvalue weighted by atomic mass is 9.87. The summed E-state index contributed by atoms with van der Waals surface area (Å²) in [5.41, 5.74) is 3.54. The first-order chi connectivity index (χ1) is 8.51. The zero-order valence-corrected chi connectivity index (χ0v) is 12.6. The maximum Gasteiger partial charge on any atom is 0.122 e. The molecule has 0 aliphatic heterocycles. The number of phenols is 1. The molecule has 0 aliphatic carbocycles. The van der Waals surface area contributed by atoms with Crippen LogP contribution in [0.15, 0.2) is 12.1 Å². The van der Waals surface area contributed by atoms with Gasteiger partial charge in [0.05, 0.1) is 0 Å². The molecule has 1 heteroatoms. The molecule has 102 valence electrons. The Bertz CT molecular complexity index is 348. The summed E-state index contributed by atoms with van der Waals surface area (Å²) >= 11 is 0. The van der Waals surface area contributed by atoms with Crippen LogP contribution in [0.4, 0.5) is 0 Å². The Kier molecular flexibility index (Phi) is 5.71. The minimum absolute atomic E-state index is 0.447. The van der Waals surface area contributed by atoms with Gasteiger partial charge < -0.3 is 5.11 Å². The Balaban J connectivity index is 3.13. The normalized spacial score (nSPS) is 14.5. The van der Waals surface area contributed by atoms with Gasteiger partial charge in [-0.05, 0) is 42.7 Å². The van der Waals surface area contributed by atoms with E-state index in [1.54, 1.807) is 0 Å². The van der Waals surface area contributed by atoms with Crippen molar-refractivity contribution in [1.82, 2.24) is 0 Å². The van der Waals surface area contributed by atoms with Crippen molar-refractivity contribution < 1.29 is 5.11 Å². The lowest BCUT2D eigenvalue weighted by Crippen LogP contribution is -2.01. The molecule has 0 saturated carbocycles. The maximum atomic E-state index is 10.5. The van der Waals surface area contributed by atoms with Gasteiger partial charge in [0.1, 0.15) is 5.75 Å². The third-order valence-electron chi connectivity index (χ3n) is 3.82. The van der Waals surface area contributed by atoms with Gasteiger partial charge in [0.15, 0.2) is 0 Å². The molecular formula is C17H28O. The van der Waals surface area contributed by atoms with Crippen molar-refractivity contribution in [3.63, 3.8) is 0 Å². The highest BCUT2D eigenvalue weighted by Gasteiger charge is 2.17. The second-order valence-electron chi connectivity index (χ2n) is 5.67. The Labute approximate surface area is 112 Å². The monoisotopic (exact) mass is 248 g/mol. The van der Waals surface area contributed by atoms with Crippen LogP contribution in [0.5, 0.6) is 5.75 Å². The lowest BCUT2D eigenvalue weighted by molar-refractivity contribution is 0.445. The summed E-state index contributed by atoms with van der Waals surface area (Å²) < 4.78 is 0. The van der Waals surface area contributed by atoms with Gasteiger partial charge in [-0.1, -0.05) is 58.2 Å². The molecule has 0 amide bonds. The van der Waals surface area contributed by atoms with Crippen molar-refractivity contribution in [1.29, 1.82) is 0 Å². The number of hydrogen-bond donors (Lipinski definition) is 1. The van der Waals surface area contributed by atoms with Crippen LogP contribution in [0.3, 0.4) is 0 Å². The summed E-state index contributed by atoms with van der Waals surface area (Å²) in [7, 11) is 0. The van der Waals surface area contributed by atoms with E-state index in [1.807, 2.05) is 0 Å². The Morgan fingerprint density at radius 3 is 1.67 bits per heavy atom. The zero-order valence-electron chi connectivity index (χ0n) is 12.6. The molecule has 1 aromatic rings. The minimum atomic E-state index is 0.447. The molecule has 0 heterocycles. The topological polar surface area (TPSA) is 20.2 Å². The van der Waals surface area contributed by atoms with Crippen LogP contribution in [-0.2, 0) is 0 Å². The highest BCUT2D eigenvalue weighted by atomic mass is 16.3. The van der Waals surface area contributed by atoms with E-state index in [2.05, 4.69) is 46.8 Å². The van der Waals surface area contributed by atoms with Gasteiger partial charge in [-0.3, -0.25) is 0 Å². The van der Waals surface area contributed by atoms with Gasteiger partial charge in [-0.15, -0.1) is 0 Å². The maximum absolute atomic E-state index is 10.5. The Hall–Kier alpha value is -0.980. The highest BCUT2D eigenvalue weighted by Crippen LogP contribution is 2.37. The fraction of sp³-hybridized carbons (Fsp3) is 0.647. The molecule has 1 N–H and O–H groups in total. The molecular weight excluding hydrogens is 220 g/mol. The third kappa shape index (κ3) is 3.51. The predicted octanol–water partition coefficient (Wildman–Crippen LogP) is 5.51. The molecule has 0 fully saturated rings. The average molecular weight is 248 g/mol. The fourth-order valence-corrected chi connectivity index (χ4v) is 2.76. The molecule has 2 atom stereocenters. The molecule has 0 aromatic heterocycles. The summed E-state index contributed by atoms with van der Waals surface area (Å²) in [5.74, 6) is 1.44. The Morgan fingerprint density at radius 2 is 1.33 bits per heavy atom. The van der Waals surface area contributed by atoms with E-state index in [0.29, 0.717) is 17.6 Å². The van der Waals surface area contributed by atoms with Crippen LogP contribution in [0.25, 0.3) is 0 Å². The summed E-state index contributed by atoms with van der Waals surface area (Å²) in [6.07, 6.45) is 4.60. The Morgan fingerprint density at radius 1 is 0.944 bits per heavy atom. The second-order valence-corrected chi connectivity index (χ2v) is 5.67. The van der Waals surface area contributed by atoms with Gasteiger partial charge >= 0.3 is 0 Å². The largest absolute Gasteiger partial charge is 0.507 e. The highest BCUT2D eigenvalue weighted by molar-refractivity contribution is 5.46. The molecule has 0 unspecified atom stereocenters. The van der Waals surface area contributed by atoms with Crippen molar-refractivity contribution in [2.75, 3.05) is 0 Å². The van der Waals surface area contributed by atoms with Crippen LogP contribution in [0.2, 0.25) is 0 Å². The first kappa shape index (κ1) is 15.1. The van der Waals surface area contributed by atoms with E-state index in [9.17, 15) is 5.11 Å². The van der Waals surface area contributed by atoms with Crippen molar-refractivity contribution in [2.24, 2.45) is 0 Å². The smallest absolute Gasteiger partial charge is 0.122 e. The van der Waals surface area contributed by atoms with Gasteiger partial charge in [-0.2, -0.15) is 0 Å². The van der Waals surface area contributed by atoms with E-state index >= 15 is 0 Å². The average Bonchev–Trinajstić information content (AvgIpc) is 2.32. The van der Waals surface area contributed by atoms with E-state index in [-0.39, 0.29) is 0 Å². The van der Waals surface area contributed by atoms with E-state index < -0.39 is 0 Å². The molecule has 18 heavy (non-hydrogen) atoms. The van der Waals surface area contributed by atoms with Crippen LogP contribution in [0.1, 0.15) is 81.9 Å². The van der Waals surface area contributed by atoms with E-state index in [4.69, 9.17) is 0 Å². The summed E-state index contributed by atoms with van der Waals surface area (Å²) in [5, 5.41) is 10.5. The van der Waals surface area contributed by atoms with Gasteiger partial charge in [-0.25, -0.2) is 0 Å². The molecule has 1 nitrogen and oxygen atoms in total. The molecule has 0 radical (unpaired) electrons. The van der Waals surface area contributed by atoms with Crippen molar-refractivity contribution in [3.05, 3.63) is 28.8 Å². The predicted molar refractivity (Wildman–Crippen MR) is 79.5 cm³/mol. The first-order valence-corrected chi connectivity index (χ1v) is 7.34. The SMILES string of the molecule is CCC[C@@H](C)c1cc(C)cc([C@@H](C)CCC)c1O. The van der Waals surface area contributed by atoms with E-state index in [1.165, 1.54) is 5.56 Å². The number of aromatic hydroxyl groups is 1. The summed E-state index contributed by atoms with van der Waals surface area (Å²) in [6.45, 7) is 11.0. The molecule has 0 spiro atoms. The van der Waals surface area contributed by atoms with Gasteiger partial charge in [0, 0.05) is 0 Å². The van der Waals surface area contributed by atoms with E-state index in [0.717, 1.165) is 36.8 Å². The number of phenolic OH excluding ortho intramolecular Hbond substituents is 1. The lowest BCUT2D eigenvalue weighted by Gasteiger charge is -2.20. The van der Waals surface area contributed by atoms with Crippen molar-refractivity contribution >= 4 is 0 Å². The third-order valence-corrected chi connectivity index (χ3v) is 3.82. The fourth-order valence-electron chi connectivity index (χ4n) is 2.76. The van der Waals surface area contributed by atoms with Gasteiger partial charge in [0.2, 0.25) is 0 Å². The number of benzene rings is 1. The molecule has 0 aliphatic rings.